The van der Waals surface area contributed by atoms with E-state index in [0.29, 0.717) is 18.1 Å². The lowest BCUT2D eigenvalue weighted by Gasteiger charge is -2.21. The molecular formula is C24H20N4O. The van der Waals surface area contributed by atoms with E-state index in [0.717, 1.165) is 28.8 Å². The molecule has 0 fully saturated rings. The maximum atomic E-state index is 11.9. The first kappa shape index (κ1) is 18.4. The van der Waals surface area contributed by atoms with E-state index in [1.54, 1.807) is 23.5 Å². The number of carbonyl (C=O) groups is 1. The van der Waals surface area contributed by atoms with Crippen LogP contribution in [0.3, 0.4) is 0 Å². The van der Waals surface area contributed by atoms with E-state index in [1.165, 1.54) is 0 Å². The normalized spacial score (nSPS) is 10.3. The van der Waals surface area contributed by atoms with Gasteiger partial charge in [0.1, 0.15) is 0 Å². The topological polar surface area (TPSA) is 58.1 Å². The van der Waals surface area contributed by atoms with Gasteiger partial charge in [-0.2, -0.15) is 0 Å². The van der Waals surface area contributed by atoms with Gasteiger partial charge in [-0.1, -0.05) is 42.5 Å². The summed E-state index contributed by atoms with van der Waals surface area (Å²) in [6, 6.07) is 25.6. The van der Waals surface area contributed by atoms with Gasteiger partial charge in [-0.15, -0.1) is 0 Å². The van der Waals surface area contributed by atoms with E-state index >= 15 is 0 Å². The van der Waals surface area contributed by atoms with Crippen LogP contribution in [0, 0.1) is 0 Å². The van der Waals surface area contributed by atoms with Crippen molar-refractivity contribution in [1.82, 2.24) is 9.97 Å². The van der Waals surface area contributed by atoms with Crippen LogP contribution in [-0.4, -0.2) is 16.4 Å². The van der Waals surface area contributed by atoms with Gasteiger partial charge in [-0.05, 0) is 53.1 Å². The molecule has 2 heterocycles. The summed E-state index contributed by atoms with van der Waals surface area (Å²) in [5.41, 5.74) is 4.80. The minimum atomic E-state index is 0.589. The number of nitrogens with one attached hydrogen (secondary N) is 1. The van der Waals surface area contributed by atoms with E-state index in [1.807, 2.05) is 66.7 Å². The van der Waals surface area contributed by atoms with E-state index in [-0.39, 0.29) is 0 Å². The number of rotatable bonds is 7. The summed E-state index contributed by atoms with van der Waals surface area (Å²) in [6.45, 7) is 0.589. The number of pyridine rings is 2. The summed E-state index contributed by atoms with van der Waals surface area (Å²) >= 11 is 0. The van der Waals surface area contributed by atoms with Crippen molar-refractivity contribution in [3.63, 3.8) is 0 Å². The Morgan fingerprint density at radius 3 is 2.24 bits per heavy atom. The number of hydrogen-bond donors (Lipinski definition) is 1. The molecule has 0 spiro atoms. The highest BCUT2D eigenvalue weighted by atomic mass is 16.1. The first-order valence-corrected chi connectivity index (χ1v) is 9.33. The van der Waals surface area contributed by atoms with Gasteiger partial charge < -0.3 is 5.32 Å². The van der Waals surface area contributed by atoms with Gasteiger partial charge in [0, 0.05) is 30.8 Å². The molecule has 2 aromatic heterocycles. The molecule has 0 aliphatic rings. The monoisotopic (exact) mass is 380 g/mol. The van der Waals surface area contributed by atoms with Crippen LogP contribution in [-0.2, 0) is 11.3 Å². The zero-order valence-corrected chi connectivity index (χ0v) is 15.8. The van der Waals surface area contributed by atoms with E-state index in [2.05, 4.69) is 27.4 Å². The molecule has 2 aromatic carbocycles. The molecule has 5 heteroatoms. The minimum absolute atomic E-state index is 0.589. The summed E-state index contributed by atoms with van der Waals surface area (Å²) < 4.78 is 0. The predicted molar refractivity (Wildman–Crippen MR) is 116 cm³/mol. The van der Waals surface area contributed by atoms with Gasteiger partial charge in [0.05, 0.1) is 5.69 Å². The third-order valence-electron chi connectivity index (χ3n) is 4.61. The Morgan fingerprint density at radius 2 is 1.52 bits per heavy atom. The molecule has 0 atom stereocenters. The van der Waals surface area contributed by atoms with Crippen molar-refractivity contribution in [2.24, 2.45) is 0 Å². The molecule has 0 aliphatic carbocycles. The van der Waals surface area contributed by atoms with E-state index in [4.69, 9.17) is 0 Å². The second kappa shape index (κ2) is 8.80. The molecule has 29 heavy (non-hydrogen) atoms. The molecular weight excluding hydrogens is 360 g/mol. The molecule has 1 amide bonds. The lowest BCUT2D eigenvalue weighted by atomic mass is 10.1. The maximum Gasteiger partial charge on any atom is 0.218 e. The largest absolute Gasteiger partial charge is 0.364 e. The Kier molecular flexibility index (Phi) is 5.58. The van der Waals surface area contributed by atoms with Gasteiger partial charge in [0.25, 0.3) is 0 Å². The number of amides is 1. The van der Waals surface area contributed by atoms with Crippen LogP contribution in [0.5, 0.6) is 0 Å². The summed E-state index contributed by atoms with van der Waals surface area (Å²) in [7, 11) is 0. The van der Waals surface area contributed by atoms with Gasteiger partial charge in [-0.25, -0.2) is 4.98 Å². The van der Waals surface area contributed by atoms with Crippen LogP contribution in [0.4, 0.5) is 17.2 Å². The van der Waals surface area contributed by atoms with Crippen LogP contribution in [0.2, 0.25) is 0 Å². The number of aromatic nitrogens is 2. The van der Waals surface area contributed by atoms with Gasteiger partial charge in [0.2, 0.25) is 6.41 Å². The van der Waals surface area contributed by atoms with Crippen molar-refractivity contribution in [1.29, 1.82) is 0 Å². The summed E-state index contributed by atoms with van der Waals surface area (Å²) in [5, 5.41) is 3.31. The Hall–Kier alpha value is -3.99. The zero-order valence-electron chi connectivity index (χ0n) is 15.8. The molecule has 142 valence electrons. The highest BCUT2D eigenvalue weighted by molar-refractivity contribution is 5.91. The third kappa shape index (κ3) is 4.30. The second-order valence-electron chi connectivity index (χ2n) is 6.47. The first-order valence-electron chi connectivity index (χ1n) is 9.33. The van der Waals surface area contributed by atoms with E-state index < -0.39 is 0 Å². The van der Waals surface area contributed by atoms with Crippen LogP contribution in [0.15, 0.2) is 97.5 Å². The number of carbonyl (C=O) groups excluding carboxylic acids is 1. The lowest BCUT2D eigenvalue weighted by Crippen LogP contribution is -2.17. The Bertz CT molecular complexity index is 1070. The van der Waals surface area contributed by atoms with E-state index in [9.17, 15) is 4.79 Å². The number of anilines is 3. The van der Waals surface area contributed by atoms with Crippen molar-refractivity contribution in [2.45, 2.75) is 6.54 Å². The number of nitrogens with zero attached hydrogens (tertiary/aromatic N) is 3. The van der Waals surface area contributed by atoms with Crippen molar-refractivity contribution < 1.29 is 4.79 Å². The molecule has 1 N–H and O–H groups in total. The predicted octanol–water partition coefficient (Wildman–Crippen LogP) is 5.05. The van der Waals surface area contributed by atoms with Gasteiger partial charge >= 0.3 is 0 Å². The number of benzene rings is 2. The smallest absolute Gasteiger partial charge is 0.218 e. The Balaban J connectivity index is 1.58. The molecule has 0 aliphatic heterocycles. The highest BCUT2D eigenvalue weighted by Crippen LogP contribution is 2.31. The highest BCUT2D eigenvalue weighted by Gasteiger charge is 2.14. The van der Waals surface area contributed by atoms with Crippen LogP contribution < -0.4 is 10.2 Å². The average Bonchev–Trinajstić information content (AvgIpc) is 2.81. The molecule has 0 bridgehead atoms. The fourth-order valence-corrected chi connectivity index (χ4v) is 3.12. The Labute approximate surface area is 169 Å². The van der Waals surface area contributed by atoms with Crippen LogP contribution in [0.1, 0.15) is 5.56 Å². The summed E-state index contributed by atoms with van der Waals surface area (Å²) in [5.74, 6) is 0.642. The van der Waals surface area contributed by atoms with Crippen LogP contribution in [0.25, 0.3) is 11.1 Å². The molecule has 0 unspecified atom stereocenters. The van der Waals surface area contributed by atoms with Crippen molar-refractivity contribution in [2.75, 3.05) is 10.2 Å². The third-order valence-corrected chi connectivity index (χ3v) is 4.61. The summed E-state index contributed by atoms with van der Waals surface area (Å²) in [4.78, 5) is 22.0. The first-order chi connectivity index (χ1) is 14.3. The number of hydrogen-bond acceptors (Lipinski definition) is 4. The molecule has 4 aromatic rings. The lowest BCUT2D eigenvalue weighted by molar-refractivity contribution is -0.106. The van der Waals surface area contributed by atoms with Crippen LogP contribution >= 0.6 is 0 Å². The average molecular weight is 380 g/mol. The minimum Gasteiger partial charge on any atom is -0.364 e. The molecule has 0 saturated heterocycles. The van der Waals surface area contributed by atoms with Gasteiger partial charge in [-0.3, -0.25) is 14.7 Å². The van der Waals surface area contributed by atoms with Crippen molar-refractivity contribution in [3.05, 3.63) is 103 Å². The molecule has 0 saturated carbocycles. The maximum absolute atomic E-state index is 11.9. The molecule has 4 rings (SSSR count). The fourth-order valence-electron chi connectivity index (χ4n) is 3.12. The SMILES string of the molecule is O=CN(c1ccc(-c2ccccc2)cc1)c1cccnc1NCc1ccncc1. The van der Waals surface area contributed by atoms with Crippen molar-refractivity contribution in [3.8, 4) is 11.1 Å². The van der Waals surface area contributed by atoms with Gasteiger partial charge in [0.15, 0.2) is 5.82 Å². The standard InChI is InChI=1S/C24H20N4O/c29-18-28(22-10-8-21(9-11-22)20-5-2-1-3-6-20)23-7-4-14-26-24(23)27-17-19-12-15-25-16-13-19/h1-16,18H,17H2,(H,26,27). The molecule has 5 nitrogen and oxygen atoms in total. The van der Waals surface area contributed by atoms with Crippen molar-refractivity contribution >= 4 is 23.6 Å². The quantitative estimate of drug-likeness (QED) is 0.456. The molecule has 0 radical (unpaired) electrons. The Morgan fingerprint density at radius 1 is 0.793 bits per heavy atom. The summed E-state index contributed by atoms with van der Waals surface area (Å²) in [6.07, 6.45) is 6.02. The second-order valence-corrected chi connectivity index (χ2v) is 6.47. The zero-order chi connectivity index (χ0) is 19.9. The fraction of sp³-hybridized carbons (Fsp3) is 0.0417.